The molecule has 0 aliphatic carbocycles. The van der Waals surface area contributed by atoms with Crippen molar-refractivity contribution in [3.63, 3.8) is 0 Å². The van der Waals surface area contributed by atoms with Gasteiger partial charge in [-0.1, -0.05) is 13.0 Å². The Bertz CT molecular complexity index is 450. The molecule has 2 atom stereocenters. The topological polar surface area (TPSA) is 43.8 Å². The van der Waals surface area contributed by atoms with Crippen molar-refractivity contribution in [3.8, 4) is 0 Å². The van der Waals surface area contributed by atoms with Gasteiger partial charge < -0.3 is 5.73 Å². The van der Waals surface area contributed by atoms with E-state index in [4.69, 9.17) is 5.73 Å². The highest BCUT2D eigenvalue weighted by Crippen LogP contribution is 2.39. The Hall–Kier alpha value is -0.780. The Balaban J connectivity index is 2.17. The molecule has 0 aliphatic heterocycles. The van der Waals surface area contributed by atoms with Crippen LogP contribution in [-0.2, 0) is 7.05 Å². The van der Waals surface area contributed by atoms with Crippen LogP contribution in [0.4, 0.5) is 0 Å². The van der Waals surface area contributed by atoms with E-state index in [0.29, 0.717) is 5.25 Å². The second kappa shape index (κ2) is 5.71. The van der Waals surface area contributed by atoms with Crippen molar-refractivity contribution in [2.24, 2.45) is 12.8 Å². The molecule has 2 heterocycles. The molecule has 0 bridgehead atoms. The van der Waals surface area contributed by atoms with Crippen LogP contribution >= 0.6 is 23.1 Å². The standard InChI is InChI=1S/C12H17N3S2/c1-3-10(13)12(11-5-4-6-16-11)17-9-7-14-15(2)8-9/h4-8,10,12H,3,13H2,1-2H3. The summed E-state index contributed by atoms with van der Waals surface area (Å²) in [5, 5.41) is 6.62. The highest BCUT2D eigenvalue weighted by atomic mass is 32.2. The van der Waals surface area contributed by atoms with E-state index in [1.807, 2.05) is 24.1 Å². The van der Waals surface area contributed by atoms with E-state index in [1.54, 1.807) is 23.1 Å². The van der Waals surface area contributed by atoms with E-state index >= 15 is 0 Å². The van der Waals surface area contributed by atoms with Gasteiger partial charge in [-0.25, -0.2) is 0 Å². The van der Waals surface area contributed by atoms with Gasteiger partial charge in [-0.15, -0.1) is 23.1 Å². The molecule has 2 N–H and O–H groups in total. The van der Waals surface area contributed by atoms with Crippen molar-refractivity contribution in [2.75, 3.05) is 0 Å². The Morgan fingerprint density at radius 2 is 2.41 bits per heavy atom. The van der Waals surface area contributed by atoms with Crippen molar-refractivity contribution >= 4 is 23.1 Å². The second-order valence-corrected chi connectivity index (χ2v) is 6.17. The normalized spacial score (nSPS) is 14.8. The molecule has 3 nitrogen and oxygen atoms in total. The summed E-state index contributed by atoms with van der Waals surface area (Å²) < 4.78 is 1.82. The van der Waals surface area contributed by atoms with E-state index in [0.717, 1.165) is 6.42 Å². The smallest absolute Gasteiger partial charge is 0.0626 e. The van der Waals surface area contributed by atoms with Gasteiger partial charge in [0.15, 0.2) is 0 Å². The molecule has 2 rings (SSSR count). The first kappa shape index (κ1) is 12.7. The van der Waals surface area contributed by atoms with Gasteiger partial charge in [0.1, 0.15) is 0 Å². The number of rotatable bonds is 5. The first-order valence-electron chi connectivity index (χ1n) is 5.65. The summed E-state index contributed by atoms with van der Waals surface area (Å²) in [4.78, 5) is 2.52. The summed E-state index contributed by atoms with van der Waals surface area (Å²) in [6.07, 6.45) is 4.91. The largest absolute Gasteiger partial charge is 0.326 e. The van der Waals surface area contributed by atoms with Gasteiger partial charge in [-0.2, -0.15) is 5.10 Å². The predicted molar refractivity (Wildman–Crippen MR) is 74.4 cm³/mol. The first-order chi connectivity index (χ1) is 8.20. The molecule has 0 saturated heterocycles. The number of aromatic nitrogens is 2. The van der Waals surface area contributed by atoms with Crippen molar-refractivity contribution in [1.82, 2.24) is 9.78 Å². The van der Waals surface area contributed by atoms with Crippen LogP contribution in [0.3, 0.4) is 0 Å². The molecule has 2 aromatic heterocycles. The summed E-state index contributed by atoms with van der Waals surface area (Å²) in [6.45, 7) is 2.13. The van der Waals surface area contributed by atoms with Gasteiger partial charge in [-0.05, 0) is 17.9 Å². The fourth-order valence-corrected chi connectivity index (χ4v) is 3.90. The number of nitrogens with two attached hydrogens (primary N) is 1. The molecule has 0 aromatic carbocycles. The van der Waals surface area contributed by atoms with Gasteiger partial charge in [0.25, 0.3) is 0 Å². The van der Waals surface area contributed by atoms with Crippen molar-refractivity contribution in [2.45, 2.75) is 29.5 Å². The second-order valence-electron chi connectivity index (χ2n) is 3.98. The maximum atomic E-state index is 6.22. The molecule has 17 heavy (non-hydrogen) atoms. The van der Waals surface area contributed by atoms with Gasteiger partial charge in [0.05, 0.1) is 11.4 Å². The Labute approximate surface area is 110 Å². The molecule has 0 radical (unpaired) electrons. The Morgan fingerprint density at radius 3 is 2.94 bits per heavy atom. The molecule has 92 valence electrons. The van der Waals surface area contributed by atoms with Crippen LogP contribution < -0.4 is 5.73 Å². The molecule has 2 aromatic rings. The van der Waals surface area contributed by atoms with Gasteiger partial charge in [0, 0.05) is 29.1 Å². The number of hydrogen-bond donors (Lipinski definition) is 1. The molecular formula is C12H17N3S2. The average molecular weight is 267 g/mol. The van der Waals surface area contributed by atoms with Crippen LogP contribution in [0.5, 0.6) is 0 Å². The lowest BCUT2D eigenvalue weighted by molar-refractivity contribution is 0.640. The third-order valence-electron chi connectivity index (χ3n) is 2.63. The molecular weight excluding hydrogens is 250 g/mol. The Morgan fingerprint density at radius 1 is 1.59 bits per heavy atom. The number of thiophene rings is 1. The van der Waals surface area contributed by atoms with Crippen LogP contribution in [0.15, 0.2) is 34.8 Å². The number of aryl methyl sites for hydroxylation is 1. The third-order valence-corrected chi connectivity index (χ3v) is 5.07. The minimum Gasteiger partial charge on any atom is -0.326 e. The van der Waals surface area contributed by atoms with Crippen LogP contribution in [0.1, 0.15) is 23.5 Å². The van der Waals surface area contributed by atoms with Gasteiger partial charge >= 0.3 is 0 Å². The summed E-state index contributed by atoms with van der Waals surface area (Å²) in [7, 11) is 1.93. The molecule has 0 saturated carbocycles. The average Bonchev–Trinajstić information content (AvgIpc) is 2.96. The van der Waals surface area contributed by atoms with E-state index < -0.39 is 0 Å². The highest BCUT2D eigenvalue weighted by molar-refractivity contribution is 7.99. The Kier molecular flexibility index (Phi) is 4.25. The lowest BCUT2D eigenvalue weighted by atomic mass is 10.1. The zero-order valence-electron chi connectivity index (χ0n) is 10.0. The zero-order chi connectivity index (χ0) is 12.3. The van der Waals surface area contributed by atoms with E-state index in [1.165, 1.54) is 9.77 Å². The number of hydrogen-bond acceptors (Lipinski definition) is 4. The maximum absolute atomic E-state index is 6.22. The first-order valence-corrected chi connectivity index (χ1v) is 7.41. The molecule has 0 spiro atoms. The van der Waals surface area contributed by atoms with Crippen LogP contribution in [0, 0.1) is 0 Å². The molecule has 0 amide bonds. The fraction of sp³-hybridized carbons (Fsp3) is 0.417. The summed E-state index contributed by atoms with van der Waals surface area (Å²) in [5.74, 6) is 0. The number of thioether (sulfide) groups is 1. The lowest BCUT2D eigenvalue weighted by Gasteiger charge is -2.20. The lowest BCUT2D eigenvalue weighted by Crippen LogP contribution is -2.24. The quantitative estimate of drug-likeness (QED) is 0.847. The SMILES string of the molecule is CCC(N)C(Sc1cnn(C)c1)c1cccs1. The van der Waals surface area contributed by atoms with Crippen molar-refractivity contribution < 1.29 is 0 Å². The van der Waals surface area contributed by atoms with Crippen LogP contribution in [-0.4, -0.2) is 15.8 Å². The summed E-state index contributed by atoms with van der Waals surface area (Å²) in [5.41, 5.74) is 6.22. The summed E-state index contributed by atoms with van der Waals surface area (Å²) in [6, 6.07) is 4.42. The zero-order valence-corrected chi connectivity index (χ0v) is 11.7. The third kappa shape index (κ3) is 3.12. The van der Waals surface area contributed by atoms with Crippen LogP contribution in [0.25, 0.3) is 0 Å². The molecule has 2 unspecified atom stereocenters. The molecule has 0 aliphatic rings. The van der Waals surface area contributed by atoms with E-state index in [2.05, 4.69) is 29.5 Å². The van der Waals surface area contributed by atoms with Gasteiger partial charge in [-0.3, -0.25) is 4.68 Å². The molecule has 5 heteroatoms. The van der Waals surface area contributed by atoms with E-state index in [9.17, 15) is 0 Å². The minimum atomic E-state index is 0.179. The summed E-state index contributed by atoms with van der Waals surface area (Å²) >= 11 is 3.57. The molecule has 0 fully saturated rings. The number of nitrogens with zero attached hydrogens (tertiary/aromatic N) is 2. The minimum absolute atomic E-state index is 0.179. The van der Waals surface area contributed by atoms with Gasteiger partial charge in [0.2, 0.25) is 0 Å². The predicted octanol–water partition coefficient (Wildman–Crippen LogP) is 3.05. The van der Waals surface area contributed by atoms with E-state index in [-0.39, 0.29) is 6.04 Å². The van der Waals surface area contributed by atoms with Crippen molar-refractivity contribution in [1.29, 1.82) is 0 Å². The van der Waals surface area contributed by atoms with Crippen molar-refractivity contribution in [3.05, 3.63) is 34.8 Å². The maximum Gasteiger partial charge on any atom is 0.0626 e. The monoisotopic (exact) mass is 267 g/mol. The highest BCUT2D eigenvalue weighted by Gasteiger charge is 2.21. The van der Waals surface area contributed by atoms with Crippen LogP contribution in [0.2, 0.25) is 0 Å². The fourth-order valence-electron chi connectivity index (χ4n) is 1.63.